The van der Waals surface area contributed by atoms with Crippen LogP contribution in [0.1, 0.15) is 109 Å². The van der Waals surface area contributed by atoms with Crippen LogP contribution in [-0.4, -0.2) is 245 Å². The maximum absolute atomic E-state index is 5.28. The van der Waals surface area contributed by atoms with E-state index in [0.717, 1.165) is 50.2 Å². The molecule has 0 bridgehead atoms. The Morgan fingerprint density at radius 1 is 0.343 bits per heavy atom. The Morgan fingerprint density at radius 2 is 0.746 bits per heavy atom. The first-order chi connectivity index (χ1) is 32.4. The summed E-state index contributed by atoms with van der Waals surface area (Å²) in [5, 5.41) is 6.58. The molecule has 5 unspecified atom stereocenters. The molecule has 14 heteroatoms. The number of likely N-dealkylation sites (tertiary alicyclic amines) is 5. The van der Waals surface area contributed by atoms with E-state index in [1.165, 1.54) is 168 Å². The van der Waals surface area contributed by atoms with Crippen molar-refractivity contribution in [2.24, 2.45) is 17.8 Å². The lowest BCUT2D eigenvalue weighted by Crippen LogP contribution is -2.36. The summed E-state index contributed by atoms with van der Waals surface area (Å²) in [6.45, 7) is 15.0. The smallest absolute Gasteiger partial charge is 0.0698 e. The molecule has 0 radical (unpaired) electrons. The molecule has 2 N–H and O–H groups in total. The molecule has 0 aromatic heterocycles. The van der Waals surface area contributed by atoms with Crippen LogP contribution in [0, 0.1) is 17.8 Å². The predicted octanol–water partition coefficient (Wildman–Crippen LogP) is 6.31. The maximum Gasteiger partial charge on any atom is 0.0698 e. The van der Waals surface area contributed by atoms with Gasteiger partial charge in [0.15, 0.2) is 0 Å². The maximum atomic E-state index is 5.28. The predicted molar refractivity (Wildman–Crippen MR) is 281 cm³/mol. The van der Waals surface area contributed by atoms with Crippen molar-refractivity contribution in [3.63, 3.8) is 0 Å². The van der Waals surface area contributed by atoms with Gasteiger partial charge in [0, 0.05) is 101 Å². The average molecular weight is 961 g/mol. The van der Waals surface area contributed by atoms with Gasteiger partial charge in [-0.25, -0.2) is 0 Å². The number of rotatable bonds is 12. The summed E-state index contributed by atoms with van der Waals surface area (Å²) in [7, 11) is 27.5. The summed E-state index contributed by atoms with van der Waals surface area (Å²) in [5.41, 5.74) is 0. The Kier molecular flexibility index (Phi) is 40.4. The van der Waals surface area contributed by atoms with Crippen molar-refractivity contribution in [3.05, 3.63) is 0 Å². The highest BCUT2D eigenvalue weighted by molar-refractivity contribution is 4.78. The molecule has 0 spiro atoms. The first-order valence-electron chi connectivity index (χ1n) is 26.7. The summed E-state index contributed by atoms with van der Waals surface area (Å²) in [6.07, 6.45) is 23.6. The fourth-order valence-corrected chi connectivity index (χ4v) is 10.2. The molecule has 7 rings (SSSR count). The number of piperidine rings is 4. The largest absolute Gasteiger partial charge is 0.384 e. The van der Waals surface area contributed by atoms with Crippen molar-refractivity contribution < 1.29 is 33.2 Å². The highest BCUT2D eigenvalue weighted by Crippen LogP contribution is 2.21. The van der Waals surface area contributed by atoms with Gasteiger partial charge in [-0.05, 0) is 209 Å². The first kappa shape index (κ1) is 64.5. The minimum atomic E-state index is 0.490. The molecule has 5 aliphatic heterocycles. The topological polar surface area (TPSA) is 105 Å². The van der Waals surface area contributed by atoms with E-state index in [1.807, 2.05) is 28.3 Å². The molecule has 0 amide bonds. The molecule has 7 fully saturated rings. The van der Waals surface area contributed by atoms with Crippen LogP contribution in [0.4, 0.5) is 0 Å². The van der Waals surface area contributed by atoms with Gasteiger partial charge in [-0.1, -0.05) is 0 Å². The highest BCUT2D eigenvalue weighted by atomic mass is 16.5. The average Bonchev–Trinajstić information content (AvgIpc) is 3.78. The molecular weight excluding hydrogens is 847 g/mol. The zero-order valence-corrected chi connectivity index (χ0v) is 46.5. The van der Waals surface area contributed by atoms with Gasteiger partial charge in [-0.2, -0.15) is 0 Å². The molecule has 5 saturated heterocycles. The Labute approximate surface area is 414 Å². The van der Waals surface area contributed by atoms with E-state index in [-0.39, 0.29) is 0 Å². The lowest BCUT2D eigenvalue weighted by molar-refractivity contribution is 0.0408. The quantitative estimate of drug-likeness (QED) is 0.228. The van der Waals surface area contributed by atoms with E-state index in [1.54, 1.807) is 35.5 Å². The molecular formula is C53H113N7O7. The Hall–Kier alpha value is -0.560. The van der Waals surface area contributed by atoms with Crippen molar-refractivity contribution in [2.45, 2.75) is 146 Å². The second-order valence-electron chi connectivity index (χ2n) is 20.8. The number of ether oxygens (including phenoxy) is 7. The van der Waals surface area contributed by atoms with Gasteiger partial charge in [0.1, 0.15) is 0 Å². The molecule has 67 heavy (non-hydrogen) atoms. The van der Waals surface area contributed by atoms with Crippen molar-refractivity contribution in [1.29, 1.82) is 0 Å². The Bertz CT molecular complexity index is 1040. The fraction of sp³-hybridized carbons (Fsp3) is 1.00. The van der Waals surface area contributed by atoms with E-state index in [2.05, 4.69) is 70.4 Å². The summed E-state index contributed by atoms with van der Waals surface area (Å²) in [6, 6.07) is 1.44. The van der Waals surface area contributed by atoms with Crippen molar-refractivity contribution in [2.75, 3.05) is 184 Å². The number of hydrogen-bond acceptors (Lipinski definition) is 14. The molecule has 2 saturated carbocycles. The van der Waals surface area contributed by atoms with Gasteiger partial charge in [0.2, 0.25) is 0 Å². The van der Waals surface area contributed by atoms with Crippen LogP contribution in [-0.2, 0) is 33.2 Å². The molecule has 14 nitrogen and oxygen atoms in total. The third-order valence-corrected chi connectivity index (χ3v) is 15.0. The van der Waals surface area contributed by atoms with Crippen LogP contribution < -0.4 is 10.6 Å². The Balaban J connectivity index is 0.000000391. The summed E-state index contributed by atoms with van der Waals surface area (Å²) < 4.78 is 36.2. The van der Waals surface area contributed by atoms with E-state index >= 15 is 0 Å². The first-order valence-corrected chi connectivity index (χ1v) is 26.7. The number of methoxy groups -OCH3 is 7. The molecule has 2 aliphatic carbocycles. The van der Waals surface area contributed by atoms with Gasteiger partial charge in [0.25, 0.3) is 0 Å². The van der Waals surface area contributed by atoms with E-state index in [4.69, 9.17) is 33.2 Å². The molecule has 0 aromatic carbocycles. The third kappa shape index (κ3) is 32.9. The van der Waals surface area contributed by atoms with Gasteiger partial charge in [0.05, 0.1) is 37.6 Å². The SMILES string of the molecule is CNC1CCC(OC)CC1.CNC1CCCC(OC)C1.COC1CCCN(C)C1.COC1CCN(C)CC1.COCC1CCCN(C)C1.COCC1CCN(C)C1.COCC1CCN(C)CC1. The summed E-state index contributed by atoms with van der Waals surface area (Å²) >= 11 is 0. The van der Waals surface area contributed by atoms with Crippen LogP contribution >= 0.6 is 0 Å². The lowest BCUT2D eigenvalue weighted by Gasteiger charge is -2.28. The lowest BCUT2D eigenvalue weighted by atomic mass is 9.93. The van der Waals surface area contributed by atoms with Crippen molar-refractivity contribution in [1.82, 2.24) is 35.1 Å². The van der Waals surface area contributed by atoms with E-state index in [0.29, 0.717) is 30.5 Å². The van der Waals surface area contributed by atoms with Gasteiger partial charge >= 0.3 is 0 Å². The molecule has 7 aliphatic rings. The minimum Gasteiger partial charge on any atom is -0.384 e. The number of likely N-dealkylation sites (N-methyl/N-ethyl adjacent to an activating group) is 1. The monoisotopic (exact) mass is 960 g/mol. The van der Waals surface area contributed by atoms with E-state index in [9.17, 15) is 0 Å². The molecule has 402 valence electrons. The summed E-state index contributed by atoms with van der Waals surface area (Å²) in [5.74, 6) is 2.39. The number of nitrogens with zero attached hydrogens (tertiary/aromatic N) is 5. The van der Waals surface area contributed by atoms with Gasteiger partial charge < -0.3 is 68.3 Å². The van der Waals surface area contributed by atoms with Crippen LogP contribution in [0.2, 0.25) is 0 Å². The Morgan fingerprint density at radius 3 is 1.18 bits per heavy atom. The second kappa shape index (κ2) is 42.0. The standard InChI is InChI=1S/4C8H17NO.3C7H15NO/c1-9-5-3-8(4-6-9)7-10-2;1-9-7-3-5-8(10-2)6-4-7;1-9-5-3-4-8(6-9)7-10-2;1-9-7-4-3-5-8(6-7)10-2;1-8-5-3-7(9-2)4-6-8;1-8-4-3-7(5-8)6-9-2;1-8-5-3-4-7(6-8)9-2/h8H,3-7H2,1-2H3;7-9H,3-6H2,1-2H3;8H,3-7H2,1-2H3;7-9H,3-6H2,1-2H3;3*7H,3-6H2,1-2H3. The zero-order valence-electron chi connectivity index (χ0n) is 46.5. The van der Waals surface area contributed by atoms with Crippen molar-refractivity contribution >= 4 is 0 Å². The van der Waals surface area contributed by atoms with Gasteiger partial charge in [-0.15, -0.1) is 0 Å². The van der Waals surface area contributed by atoms with Crippen molar-refractivity contribution in [3.8, 4) is 0 Å². The van der Waals surface area contributed by atoms with Crippen LogP contribution in [0.25, 0.3) is 0 Å². The molecule has 5 heterocycles. The second-order valence-corrected chi connectivity index (χ2v) is 20.8. The number of hydrogen-bond donors (Lipinski definition) is 2. The molecule has 5 atom stereocenters. The van der Waals surface area contributed by atoms with E-state index < -0.39 is 0 Å². The van der Waals surface area contributed by atoms with Crippen LogP contribution in [0.3, 0.4) is 0 Å². The molecule has 0 aromatic rings. The zero-order chi connectivity index (χ0) is 49.7. The minimum absolute atomic E-state index is 0.490. The highest BCUT2D eigenvalue weighted by Gasteiger charge is 2.22. The van der Waals surface area contributed by atoms with Gasteiger partial charge in [-0.3, -0.25) is 0 Å². The number of nitrogens with one attached hydrogen (secondary N) is 2. The third-order valence-electron chi connectivity index (χ3n) is 15.0. The summed E-state index contributed by atoms with van der Waals surface area (Å²) in [4.78, 5) is 11.8. The van der Waals surface area contributed by atoms with Crippen LogP contribution in [0.15, 0.2) is 0 Å². The fourth-order valence-electron chi connectivity index (χ4n) is 10.2. The normalized spacial score (nSPS) is 29.4. The van der Waals surface area contributed by atoms with Crippen LogP contribution in [0.5, 0.6) is 0 Å².